The van der Waals surface area contributed by atoms with E-state index in [1.54, 1.807) is 4.90 Å². The number of carboxylic acid groups (broad SMARTS) is 1. The number of hydrogen-bond donors (Lipinski definition) is 2. The molecule has 1 saturated heterocycles. The van der Waals surface area contributed by atoms with Crippen molar-refractivity contribution in [3.05, 3.63) is 0 Å². The average Bonchev–Trinajstić information content (AvgIpc) is 2.15. The molecule has 0 aromatic carbocycles. The zero-order valence-corrected chi connectivity index (χ0v) is 10.1. The van der Waals surface area contributed by atoms with E-state index in [0.29, 0.717) is 24.9 Å². The van der Waals surface area contributed by atoms with Gasteiger partial charge in [-0.15, -0.1) is 0 Å². The highest BCUT2D eigenvalue weighted by Gasteiger charge is 2.26. The van der Waals surface area contributed by atoms with Gasteiger partial charge in [0.1, 0.15) is 6.04 Å². The van der Waals surface area contributed by atoms with Crippen LogP contribution in [0.15, 0.2) is 0 Å². The maximum absolute atomic E-state index is 11.8. The SMILES string of the molecule is CC1CC(C)CN(C(=O)N[C@@H](C)C(=O)O)C1. The Kier molecular flexibility index (Phi) is 4.15. The number of rotatable bonds is 2. The van der Waals surface area contributed by atoms with Crippen molar-refractivity contribution in [1.82, 2.24) is 10.2 Å². The zero-order valence-electron chi connectivity index (χ0n) is 10.1. The Labute approximate surface area is 95.8 Å². The Hall–Kier alpha value is -1.26. The summed E-state index contributed by atoms with van der Waals surface area (Å²) in [5, 5.41) is 11.2. The van der Waals surface area contributed by atoms with Crippen LogP contribution in [-0.4, -0.2) is 41.1 Å². The van der Waals surface area contributed by atoms with Crippen LogP contribution in [0.4, 0.5) is 4.79 Å². The van der Waals surface area contributed by atoms with E-state index < -0.39 is 12.0 Å². The number of amides is 2. The fourth-order valence-corrected chi connectivity index (χ4v) is 2.17. The van der Waals surface area contributed by atoms with Crippen molar-refractivity contribution in [2.24, 2.45) is 11.8 Å². The molecule has 16 heavy (non-hydrogen) atoms. The number of likely N-dealkylation sites (tertiary alicyclic amines) is 1. The van der Waals surface area contributed by atoms with E-state index in [2.05, 4.69) is 19.2 Å². The molecule has 3 atom stereocenters. The van der Waals surface area contributed by atoms with Gasteiger partial charge in [0.25, 0.3) is 0 Å². The minimum absolute atomic E-state index is 0.270. The average molecular weight is 228 g/mol. The molecule has 5 nitrogen and oxygen atoms in total. The summed E-state index contributed by atoms with van der Waals surface area (Å²) < 4.78 is 0. The quantitative estimate of drug-likeness (QED) is 0.744. The number of urea groups is 1. The minimum atomic E-state index is -1.01. The Morgan fingerprint density at radius 1 is 1.31 bits per heavy atom. The van der Waals surface area contributed by atoms with E-state index in [-0.39, 0.29) is 6.03 Å². The van der Waals surface area contributed by atoms with Crippen LogP contribution in [0.3, 0.4) is 0 Å². The molecule has 2 amide bonds. The third kappa shape index (κ3) is 3.40. The summed E-state index contributed by atoms with van der Waals surface area (Å²) in [6, 6.07) is -1.10. The minimum Gasteiger partial charge on any atom is -0.480 e. The summed E-state index contributed by atoms with van der Waals surface area (Å²) in [7, 11) is 0. The van der Waals surface area contributed by atoms with Crippen LogP contribution in [0.5, 0.6) is 0 Å². The van der Waals surface area contributed by atoms with Crippen molar-refractivity contribution in [3.8, 4) is 0 Å². The van der Waals surface area contributed by atoms with Crippen molar-refractivity contribution >= 4 is 12.0 Å². The first-order valence-corrected chi connectivity index (χ1v) is 5.68. The second-order valence-electron chi connectivity index (χ2n) is 4.86. The largest absolute Gasteiger partial charge is 0.480 e. The standard InChI is InChI=1S/C11H20N2O3/c1-7-4-8(2)6-13(5-7)11(16)12-9(3)10(14)15/h7-9H,4-6H2,1-3H3,(H,12,16)(H,14,15)/t7?,8?,9-/m0/s1. The number of carbonyl (C=O) groups excluding carboxylic acids is 1. The molecule has 1 aliphatic rings. The predicted molar refractivity (Wildman–Crippen MR) is 60.1 cm³/mol. The van der Waals surface area contributed by atoms with Crippen LogP contribution < -0.4 is 5.32 Å². The van der Waals surface area contributed by atoms with Crippen molar-refractivity contribution in [2.75, 3.05) is 13.1 Å². The topological polar surface area (TPSA) is 69.6 Å². The van der Waals surface area contributed by atoms with Gasteiger partial charge in [0.15, 0.2) is 0 Å². The van der Waals surface area contributed by atoms with Crippen molar-refractivity contribution in [3.63, 3.8) is 0 Å². The summed E-state index contributed by atoms with van der Waals surface area (Å²) >= 11 is 0. The molecule has 0 bridgehead atoms. The Morgan fingerprint density at radius 3 is 2.25 bits per heavy atom. The molecule has 0 saturated carbocycles. The number of carbonyl (C=O) groups is 2. The molecular weight excluding hydrogens is 208 g/mol. The summed E-state index contributed by atoms with van der Waals surface area (Å²) in [5.74, 6) is -0.0456. The highest BCUT2D eigenvalue weighted by molar-refractivity contribution is 5.82. The van der Waals surface area contributed by atoms with Gasteiger partial charge in [-0.2, -0.15) is 0 Å². The molecule has 0 radical (unpaired) electrons. The molecule has 1 heterocycles. The molecule has 5 heteroatoms. The lowest BCUT2D eigenvalue weighted by Gasteiger charge is -2.35. The number of hydrogen-bond acceptors (Lipinski definition) is 2. The summed E-state index contributed by atoms with van der Waals surface area (Å²) in [4.78, 5) is 24.1. The van der Waals surface area contributed by atoms with Gasteiger partial charge in [0.05, 0.1) is 0 Å². The molecule has 0 aromatic heterocycles. The summed E-state index contributed by atoms with van der Waals surface area (Å²) in [6.45, 7) is 7.11. The van der Waals surface area contributed by atoms with Crippen molar-refractivity contribution in [2.45, 2.75) is 33.2 Å². The van der Waals surface area contributed by atoms with Gasteiger partial charge >= 0.3 is 12.0 Å². The number of carboxylic acids is 1. The van der Waals surface area contributed by atoms with Crippen LogP contribution in [0, 0.1) is 11.8 Å². The number of aliphatic carboxylic acids is 1. The maximum Gasteiger partial charge on any atom is 0.325 e. The van der Waals surface area contributed by atoms with E-state index in [1.165, 1.54) is 6.92 Å². The Balaban J connectivity index is 2.50. The number of nitrogens with zero attached hydrogens (tertiary/aromatic N) is 1. The Bertz CT molecular complexity index is 270. The highest BCUT2D eigenvalue weighted by atomic mass is 16.4. The Morgan fingerprint density at radius 2 is 1.81 bits per heavy atom. The van der Waals surface area contributed by atoms with Gasteiger partial charge in [0.2, 0.25) is 0 Å². The lowest BCUT2D eigenvalue weighted by atomic mass is 9.92. The second kappa shape index (κ2) is 5.18. The molecule has 1 aliphatic heterocycles. The third-order valence-corrected chi connectivity index (χ3v) is 2.87. The second-order valence-corrected chi connectivity index (χ2v) is 4.86. The van der Waals surface area contributed by atoms with Gasteiger partial charge < -0.3 is 15.3 Å². The molecule has 92 valence electrons. The fourth-order valence-electron chi connectivity index (χ4n) is 2.17. The van der Waals surface area contributed by atoms with Crippen LogP contribution in [0.2, 0.25) is 0 Å². The van der Waals surface area contributed by atoms with Crippen LogP contribution in [0.1, 0.15) is 27.2 Å². The molecule has 0 aliphatic carbocycles. The van der Waals surface area contributed by atoms with E-state index in [1.807, 2.05) is 0 Å². The van der Waals surface area contributed by atoms with E-state index in [4.69, 9.17) is 5.11 Å². The molecule has 2 unspecified atom stereocenters. The molecule has 1 rings (SSSR count). The third-order valence-electron chi connectivity index (χ3n) is 2.87. The lowest BCUT2D eigenvalue weighted by molar-refractivity contribution is -0.138. The maximum atomic E-state index is 11.8. The van der Waals surface area contributed by atoms with Crippen molar-refractivity contribution < 1.29 is 14.7 Å². The highest BCUT2D eigenvalue weighted by Crippen LogP contribution is 2.20. The van der Waals surface area contributed by atoms with Gasteiger partial charge in [-0.1, -0.05) is 13.8 Å². The molecule has 1 fully saturated rings. The fraction of sp³-hybridized carbons (Fsp3) is 0.818. The van der Waals surface area contributed by atoms with E-state index in [0.717, 1.165) is 6.42 Å². The molecular formula is C11H20N2O3. The smallest absolute Gasteiger partial charge is 0.325 e. The first-order valence-electron chi connectivity index (χ1n) is 5.68. The number of piperidine rings is 1. The first-order chi connectivity index (χ1) is 7.40. The van der Waals surface area contributed by atoms with Gasteiger partial charge in [-0.25, -0.2) is 4.79 Å². The summed E-state index contributed by atoms with van der Waals surface area (Å²) in [6.07, 6.45) is 1.12. The monoisotopic (exact) mass is 228 g/mol. The van der Waals surface area contributed by atoms with Gasteiger partial charge in [0, 0.05) is 13.1 Å². The van der Waals surface area contributed by atoms with Gasteiger partial charge in [-0.05, 0) is 25.2 Å². The summed E-state index contributed by atoms with van der Waals surface area (Å²) in [5.41, 5.74) is 0. The number of nitrogens with one attached hydrogen (secondary N) is 1. The van der Waals surface area contributed by atoms with E-state index >= 15 is 0 Å². The van der Waals surface area contributed by atoms with Gasteiger partial charge in [-0.3, -0.25) is 4.79 Å². The zero-order chi connectivity index (χ0) is 12.3. The first kappa shape index (κ1) is 12.8. The molecule has 0 spiro atoms. The van der Waals surface area contributed by atoms with Crippen molar-refractivity contribution in [1.29, 1.82) is 0 Å². The molecule has 2 N–H and O–H groups in total. The van der Waals surface area contributed by atoms with E-state index in [9.17, 15) is 9.59 Å². The van der Waals surface area contributed by atoms with Crippen LogP contribution >= 0.6 is 0 Å². The van der Waals surface area contributed by atoms with Crippen LogP contribution in [0.25, 0.3) is 0 Å². The molecule has 0 aromatic rings. The normalized spacial score (nSPS) is 27.3. The van der Waals surface area contributed by atoms with Crippen LogP contribution in [-0.2, 0) is 4.79 Å². The lowest BCUT2D eigenvalue weighted by Crippen LogP contribution is -2.51. The predicted octanol–water partition coefficient (Wildman–Crippen LogP) is 1.15.